The van der Waals surface area contributed by atoms with Gasteiger partial charge in [0.25, 0.3) is 0 Å². The Morgan fingerprint density at radius 1 is 1.24 bits per heavy atom. The van der Waals surface area contributed by atoms with Crippen molar-refractivity contribution in [2.45, 2.75) is 0 Å². The lowest BCUT2D eigenvalue weighted by Crippen LogP contribution is -2.07. The molecule has 1 aromatic carbocycles. The molecule has 0 saturated carbocycles. The lowest BCUT2D eigenvalue weighted by atomic mass is 10.3. The number of thiophene rings is 1. The van der Waals surface area contributed by atoms with Crippen LogP contribution in [-0.4, -0.2) is 5.91 Å². The Morgan fingerprint density at radius 3 is 2.65 bits per heavy atom. The van der Waals surface area contributed by atoms with Crippen molar-refractivity contribution in [1.29, 1.82) is 0 Å². The number of hydrogen-bond acceptors (Lipinski definition) is 2. The van der Waals surface area contributed by atoms with Crippen LogP contribution in [0.25, 0.3) is 6.08 Å². The highest BCUT2D eigenvalue weighted by Gasteiger charge is 1.97. The van der Waals surface area contributed by atoms with Crippen molar-refractivity contribution in [3.63, 3.8) is 0 Å². The highest BCUT2D eigenvalue weighted by Crippen LogP contribution is 2.13. The van der Waals surface area contributed by atoms with Gasteiger partial charge in [-0.05, 0) is 52.7 Å². The van der Waals surface area contributed by atoms with Gasteiger partial charge in [0.15, 0.2) is 0 Å². The Labute approximate surface area is 109 Å². The summed E-state index contributed by atoms with van der Waals surface area (Å²) < 4.78 is 0. The predicted octanol–water partition coefficient (Wildman–Crippen LogP) is 4.05. The zero-order valence-electron chi connectivity index (χ0n) is 8.89. The largest absolute Gasteiger partial charge is 0.323 e. The van der Waals surface area contributed by atoms with Gasteiger partial charge in [0.05, 0.1) is 0 Å². The molecular weight excluding hydrogens is 254 g/mol. The first-order chi connectivity index (χ1) is 8.24. The molecule has 0 radical (unpaired) electrons. The van der Waals surface area contributed by atoms with Gasteiger partial charge in [0, 0.05) is 16.8 Å². The second kappa shape index (κ2) is 5.66. The van der Waals surface area contributed by atoms with E-state index in [2.05, 4.69) is 5.32 Å². The molecule has 86 valence electrons. The molecule has 0 aliphatic heterocycles. The highest BCUT2D eigenvalue weighted by molar-refractivity contribution is 7.08. The first-order valence-corrected chi connectivity index (χ1v) is 6.33. The van der Waals surface area contributed by atoms with E-state index < -0.39 is 0 Å². The number of rotatable bonds is 3. The van der Waals surface area contributed by atoms with Gasteiger partial charge in [-0.1, -0.05) is 11.6 Å². The topological polar surface area (TPSA) is 29.1 Å². The third kappa shape index (κ3) is 3.73. The number of carbonyl (C=O) groups is 1. The number of carbonyl (C=O) groups excluding carboxylic acids is 1. The molecule has 0 bridgehead atoms. The molecule has 0 atom stereocenters. The Morgan fingerprint density at radius 2 is 2.00 bits per heavy atom. The second-order valence-electron chi connectivity index (χ2n) is 3.39. The molecule has 17 heavy (non-hydrogen) atoms. The molecule has 1 heterocycles. The molecule has 0 fully saturated rings. The molecule has 1 aromatic heterocycles. The number of nitrogens with one attached hydrogen (secondary N) is 1. The molecule has 0 unspecified atom stereocenters. The fraction of sp³-hybridized carbons (Fsp3) is 0. The van der Waals surface area contributed by atoms with E-state index in [0.29, 0.717) is 5.02 Å². The van der Waals surface area contributed by atoms with E-state index in [1.165, 1.54) is 6.08 Å². The van der Waals surface area contributed by atoms with Crippen LogP contribution in [0.1, 0.15) is 5.56 Å². The van der Waals surface area contributed by atoms with E-state index in [-0.39, 0.29) is 5.91 Å². The molecule has 0 saturated heterocycles. The molecule has 2 aromatic rings. The number of halogens is 1. The van der Waals surface area contributed by atoms with Crippen molar-refractivity contribution in [3.8, 4) is 0 Å². The Balaban J connectivity index is 1.95. The van der Waals surface area contributed by atoms with Crippen LogP contribution in [0.4, 0.5) is 5.69 Å². The quantitative estimate of drug-likeness (QED) is 0.832. The van der Waals surface area contributed by atoms with Gasteiger partial charge in [-0.2, -0.15) is 11.3 Å². The van der Waals surface area contributed by atoms with Gasteiger partial charge in [0.2, 0.25) is 5.91 Å². The minimum Gasteiger partial charge on any atom is -0.323 e. The summed E-state index contributed by atoms with van der Waals surface area (Å²) in [7, 11) is 0. The van der Waals surface area contributed by atoms with E-state index in [1.54, 1.807) is 41.7 Å². The summed E-state index contributed by atoms with van der Waals surface area (Å²) in [5, 5.41) is 7.35. The molecule has 1 amide bonds. The smallest absolute Gasteiger partial charge is 0.248 e. The first kappa shape index (κ1) is 11.9. The second-order valence-corrected chi connectivity index (χ2v) is 4.60. The highest BCUT2D eigenvalue weighted by atomic mass is 35.5. The van der Waals surface area contributed by atoms with Crippen LogP contribution in [0, 0.1) is 0 Å². The third-order valence-corrected chi connectivity index (χ3v) is 3.04. The van der Waals surface area contributed by atoms with Crippen molar-refractivity contribution in [3.05, 3.63) is 57.8 Å². The van der Waals surface area contributed by atoms with Gasteiger partial charge < -0.3 is 5.32 Å². The summed E-state index contributed by atoms with van der Waals surface area (Å²) in [4.78, 5) is 11.6. The zero-order valence-corrected chi connectivity index (χ0v) is 10.5. The van der Waals surface area contributed by atoms with Gasteiger partial charge in [0.1, 0.15) is 0 Å². The van der Waals surface area contributed by atoms with Crippen LogP contribution < -0.4 is 5.32 Å². The predicted molar refractivity (Wildman–Crippen MR) is 73.4 cm³/mol. The van der Waals surface area contributed by atoms with E-state index >= 15 is 0 Å². The molecule has 2 nitrogen and oxygen atoms in total. The fourth-order valence-electron chi connectivity index (χ4n) is 1.26. The number of amides is 1. The molecular formula is C13H10ClNOS. The normalized spacial score (nSPS) is 10.6. The molecule has 1 N–H and O–H groups in total. The van der Waals surface area contributed by atoms with Crippen molar-refractivity contribution < 1.29 is 4.79 Å². The van der Waals surface area contributed by atoms with Crippen LogP contribution in [0.2, 0.25) is 5.02 Å². The fourth-order valence-corrected chi connectivity index (χ4v) is 2.01. The van der Waals surface area contributed by atoms with Crippen LogP contribution in [0.3, 0.4) is 0 Å². The summed E-state index contributed by atoms with van der Waals surface area (Å²) >= 11 is 7.35. The molecule has 0 aliphatic carbocycles. The number of hydrogen-bond donors (Lipinski definition) is 1. The van der Waals surface area contributed by atoms with E-state index in [1.807, 2.05) is 16.8 Å². The molecule has 0 aliphatic rings. The van der Waals surface area contributed by atoms with E-state index in [9.17, 15) is 4.79 Å². The lowest BCUT2D eigenvalue weighted by molar-refractivity contribution is -0.111. The molecule has 2 rings (SSSR count). The van der Waals surface area contributed by atoms with Crippen LogP contribution in [-0.2, 0) is 4.79 Å². The minimum absolute atomic E-state index is 0.154. The van der Waals surface area contributed by atoms with Gasteiger partial charge in [-0.3, -0.25) is 4.79 Å². The van der Waals surface area contributed by atoms with Crippen molar-refractivity contribution >= 4 is 40.6 Å². The maximum atomic E-state index is 11.6. The maximum Gasteiger partial charge on any atom is 0.248 e. The van der Waals surface area contributed by atoms with E-state index in [0.717, 1.165) is 11.3 Å². The number of anilines is 1. The average molecular weight is 264 g/mol. The molecule has 0 spiro atoms. The Bertz CT molecular complexity index is 517. The average Bonchev–Trinajstić information content (AvgIpc) is 2.83. The van der Waals surface area contributed by atoms with E-state index in [4.69, 9.17) is 11.6 Å². The third-order valence-electron chi connectivity index (χ3n) is 2.08. The van der Waals surface area contributed by atoms with Gasteiger partial charge >= 0.3 is 0 Å². The van der Waals surface area contributed by atoms with Crippen LogP contribution >= 0.6 is 22.9 Å². The first-order valence-electron chi connectivity index (χ1n) is 5.01. The minimum atomic E-state index is -0.154. The van der Waals surface area contributed by atoms with Crippen LogP contribution in [0.15, 0.2) is 47.2 Å². The summed E-state index contributed by atoms with van der Waals surface area (Å²) in [5.41, 5.74) is 1.76. The lowest BCUT2D eigenvalue weighted by Gasteiger charge is -2.01. The summed E-state index contributed by atoms with van der Waals surface area (Å²) in [5.74, 6) is -0.154. The monoisotopic (exact) mass is 263 g/mol. The molecule has 4 heteroatoms. The standard InChI is InChI=1S/C13H10ClNOS/c14-11-2-4-12(5-3-11)15-13(16)6-1-10-7-8-17-9-10/h1-9H,(H,15,16)/b6-1+. The summed E-state index contributed by atoms with van der Waals surface area (Å²) in [6, 6.07) is 8.95. The maximum absolute atomic E-state index is 11.6. The Kier molecular flexibility index (Phi) is 3.96. The SMILES string of the molecule is O=C(/C=C/c1ccsc1)Nc1ccc(Cl)cc1. The summed E-state index contributed by atoms with van der Waals surface area (Å²) in [6.07, 6.45) is 3.29. The van der Waals surface area contributed by atoms with Gasteiger partial charge in [-0.25, -0.2) is 0 Å². The number of benzene rings is 1. The zero-order chi connectivity index (χ0) is 12.1. The Hall–Kier alpha value is -1.58. The van der Waals surface area contributed by atoms with Crippen molar-refractivity contribution in [1.82, 2.24) is 0 Å². The summed E-state index contributed by atoms with van der Waals surface area (Å²) in [6.45, 7) is 0. The van der Waals surface area contributed by atoms with Crippen molar-refractivity contribution in [2.75, 3.05) is 5.32 Å². The van der Waals surface area contributed by atoms with Crippen molar-refractivity contribution in [2.24, 2.45) is 0 Å². The van der Waals surface area contributed by atoms with Crippen LogP contribution in [0.5, 0.6) is 0 Å². The van der Waals surface area contributed by atoms with Gasteiger partial charge in [-0.15, -0.1) is 0 Å².